The second-order valence-corrected chi connectivity index (χ2v) is 4.34. The predicted octanol–water partition coefficient (Wildman–Crippen LogP) is 3.84. The molecule has 0 N–H and O–H groups in total. The first-order valence-electron chi connectivity index (χ1n) is 6.51. The van der Waals surface area contributed by atoms with Gasteiger partial charge in [-0.2, -0.15) is 5.26 Å². The minimum atomic E-state index is 0.397. The van der Waals surface area contributed by atoms with Crippen molar-refractivity contribution < 1.29 is 9.47 Å². The second kappa shape index (κ2) is 6.58. The molecule has 0 atom stereocenters. The molecule has 20 heavy (non-hydrogen) atoms. The first-order chi connectivity index (χ1) is 9.72. The van der Waals surface area contributed by atoms with Gasteiger partial charge >= 0.3 is 0 Å². The van der Waals surface area contributed by atoms with E-state index >= 15 is 0 Å². The van der Waals surface area contributed by atoms with Gasteiger partial charge in [0.15, 0.2) is 11.5 Å². The topological polar surface area (TPSA) is 55.1 Å². The van der Waals surface area contributed by atoms with E-state index in [2.05, 4.69) is 11.1 Å². The van der Waals surface area contributed by atoms with E-state index in [-0.39, 0.29) is 0 Å². The smallest absolute Gasteiger partial charge is 0.220 e. The van der Waals surface area contributed by atoms with Gasteiger partial charge in [-0.15, -0.1) is 0 Å². The van der Waals surface area contributed by atoms with Gasteiger partial charge in [0.25, 0.3) is 0 Å². The number of rotatable bonds is 5. The van der Waals surface area contributed by atoms with Crippen molar-refractivity contribution >= 4 is 0 Å². The Balaban J connectivity index is 2.26. The maximum Gasteiger partial charge on any atom is 0.220 e. The Bertz CT molecular complexity index is 633. The van der Waals surface area contributed by atoms with Crippen molar-refractivity contribution in [1.29, 1.82) is 5.26 Å². The van der Waals surface area contributed by atoms with E-state index in [4.69, 9.17) is 14.7 Å². The molecule has 1 heterocycles. The van der Waals surface area contributed by atoms with Crippen molar-refractivity contribution in [2.75, 3.05) is 6.61 Å². The van der Waals surface area contributed by atoms with Crippen LogP contribution in [-0.4, -0.2) is 11.6 Å². The Hall–Kier alpha value is -2.54. The molecule has 0 aliphatic carbocycles. The summed E-state index contributed by atoms with van der Waals surface area (Å²) >= 11 is 0. The van der Waals surface area contributed by atoms with Gasteiger partial charge in [-0.3, -0.25) is 0 Å². The summed E-state index contributed by atoms with van der Waals surface area (Å²) in [6, 6.07) is 12.9. The van der Waals surface area contributed by atoms with Crippen LogP contribution in [0.1, 0.15) is 24.6 Å². The van der Waals surface area contributed by atoms with Gasteiger partial charge in [-0.25, -0.2) is 4.98 Å². The van der Waals surface area contributed by atoms with Crippen LogP contribution in [0.5, 0.6) is 17.4 Å². The zero-order chi connectivity index (χ0) is 14.4. The molecule has 0 spiro atoms. The summed E-state index contributed by atoms with van der Waals surface area (Å²) in [6.45, 7) is 4.50. The Morgan fingerprint density at radius 1 is 1.20 bits per heavy atom. The Morgan fingerprint density at radius 3 is 2.65 bits per heavy atom. The summed E-state index contributed by atoms with van der Waals surface area (Å²) in [4.78, 5) is 4.27. The molecule has 4 nitrogen and oxygen atoms in total. The average molecular weight is 268 g/mol. The monoisotopic (exact) mass is 268 g/mol. The van der Waals surface area contributed by atoms with Gasteiger partial charge in [-0.05, 0) is 31.5 Å². The highest BCUT2D eigenvalue weighted by Gasteiger charge is 2.07. The van der Waals surface area contributed by atoms with Gasteiger partial charge in [0.1, 0.15) is 0 Å². The Labute approximate surface area is 118 Å². The number of aryl methyl sites for hydroxylation is 1. The lowest BCUT2D eigenvalue weighted by Gasteiger charge is -2.11. The lowest BCUT2D eigenvalue weighted by atomic mass is 10.2. The fourth-order valence-corrected chi connectivity index (χ4v) is 1.73. The quantitative estimate of drug-likeness (QED) is 0.826. The predicted molar refractivity (Wildman–Crippen MR) is 76.0 cm³/mol. The maximum absolute atomic E-state index is 8.97. The van der Waals surface area contributed by atoms with Gasteiger partial charge in [0, 0.05) is 11.8 Å². The van der Waals surface area contributed by atoms with Gasteiger partial charge in [0.05, 0.1) is 18.2 Å². The summed E-state index contributed by atoms with van der Waals surface area (Å²) in [5, 5.41) is 8.97. The van der Waals surface area contributed by atoms with Crippen molar-refractivity contribution in [3.63, 3.8) is 0 Å². The van der Waals surface area contributed by atoms with Crippen LogP contribution in [-0.2, 0) is 0 Å². The Kier molecular flexibility index (Phi) is 4.56. The molecule has 0 bridgehead atoms. The van der Waals surface area contributed by atoms with E-state index in [1.807, 2.05) is 38.1 Å². The zero-order valence-electron chi connectivity index (χ0n) is 11.6. The van der Waals surface area contributed by atoms with Gasteiger partial charge < -0.3 is 9.47 Å². The SMILES string of the molecule is CCCOc1ccccc1Oc1cc(C#N)cc(C)n1. The number of para-hydroxylation sites is 2. The average Bonchev–Trinajstić information content (AvgIpc) is 2.45. The fourth-order valence-electron chi connectivity index (χ4n) is 1.73. The van der Waals surface area contributed by atoms with Crippen LogP contribution in [0, 0.1) is 18.3 Å². The van der Waals surface area contributed by atoms with Crippen molar-refractivity contribution in [3.05, 3.63) is 47.7 Å². The van der Waals surface area contributed by atoms with Crippen LogP contribution in [0.4, 0.5) is 0 Å². The molecule has 0 saturated heterocycles. The molecule has 102 valence electrons. The highest BCUT2D eigenvalue weighted by Crippen LogP contribution is 2.30. The maximum atomic E-state index is 8.97. The van der Waals surface area contributed by atoms with Crippen molar-refractivity contribution in [1.82, 2.24) is 4.98 Å². The van der Waals surface area contributed by atoms with Crippen LogP contribution >= 0.6 is 0 Å². The van der Waals surface area contributed by atoms with E-state index in [9.17, 15) is 0 Å². The second-order valence-electron chi connectivity index (χ2n) is 4.34. The molecule has 0 amide bonds. The number of pyridine rings is 1. The number of nitriles is 1. The van der Waals surface area contributed by atoms with Crippen LogP contribution in [0.2, 0.25) is 0 Å². The van der Waals surface area contributed by atoms with Crippen molar-refractivity contribution in [2.24, 2.45) is 0 Å². The van der Waals surface area contributed by atoms with Crippen LogP contribution < -0.4 is 9.47 Å². The number of nitrogens with zero attached hydrogens (tertiary/aromatic N) is 2. The van der Waals surface area contributed by atoms with E-state index in [1.54, 1.807) is 12.1 Å². The molecular weight excluding hydrogens is 252 g/mol. The third kappa shape index (κ3) is 3.48. The molecule has 0 unspecified atom stereocenters. The summed E-state index contributed by atoms with van der Waals surface area (Å²) < 4.78 is 11.4. The van der Waals surface area contributed by atoms with E-state index in [0.29, 0.717) is 29.5 Å². The summed E-state index contributed by atoms with van der Waals surface area (Å²) in [5.41, 5.74) is 1.27. The lowest BCUT2D eigenvalue weighted by Crippen LogP contribution is -1.98. The van der Waals surface area contributed by atoms with Gasteiger partial charge in [0.2, 0.25) is 5.88 Å². The van der Waals surface area contributed by atoms with E-state index < -0.39 is 0 Å². The third-order valence-electron chi connectivity index (χ3n) is 2.58. The summed E-state index contributed by atoms with van der Waals surface area (Å²) in [5.74, 6) is 1.67. The first kappa shape index (κ1) is 13.9. The first-order valence-corrected chi connectivity index (χ1v) is 6.51. The largest absolute Gasteiger partial charge is 0.490 e. The minimum Gasteiger partial charge on any atom is -0.490 e. The molecule has 0 saturated carbocycles. The molecule has 4 heteroatoms. The van der Waals surface area contributed by atoms with Crippen LogP contribution in [0.15, 0.2) is 36.4 Å². The fraction of sp³-hybridized carbons (Fsp3) is 0.250. The summed E-state index contributed by atoms with van der Waals surface area (Å²) in [7, 11) is 0. The molecule has 2 rings (SSSR count). The molecule has 1 aromatic carbocycles. The third-order valence-corrected chi connectivity index (χ3v) is 2.58. The van der Waals surface area contributed by atoms with E-state index in [0.717, 1.165) is 12.1 Å². The minimum absolute atomic E-state index is 0.397. The lowest BCUT2D eigenvalue weighted by molar-refractivity contribution is 0.300. The number of benzene rings is 1. The molecular formula is C16H16N2O2. The number of hydrogen-bond acceptors (Lipinski definition) is 4. The summed E-state index contributed by atoms with van der Waals surface area (Å²) in [6.07, 6.45) is 0.926. The molecule has 0 aliphatic rings. The number of hydrogen-bond donors (Lipinski definition) is 0. The molecule has 2 aromatic rings. The number of ether oxygens (including phenoxy) is 2. The van der Waals surface area contributed by atoms with Gasteiger partial charge in [-0.1, -0.05) is 19.1 Å². The highest BCUT2D eigenvalue weighted by atomic mass is 16.5. The van der Waals surface area contributed by atoms with E-state index in [1.165, 1.54) is 0 Å². The van der Waals surface area contributed by atoms with Crippen molar-refractivity contribution in [2.45, 2.75) is 20.3 Å². The Morgan fingerprint density at radius 2 is 1.95 bits per heavy atom. The number of aromatic nitrogens is 1. The molecule has 0 radical (unpaired) electrons. The zero-order valence-corrected chi connectivity index (χ0v) is 11.6. The standard InChI is InChI=1S/C16H16N2O2/c1-3-8-19-14-6-4-5-7-15(14)20-16-10-13(11-17)9-12(2)18-16/h4-7,9-10H,3,8H2,1-2H3. The van der Waals surface area contributed by atoms with Crippen LogP contribution in [0.25, 0.3) is 0 Å². The molecule has 0 aliphatic heterocycles. The van der Waals surface area contributed by atoms with Crippen LogP contribution in [0.3, 0.4) is 0 Å². The molecule has 0 fully saturated rings. The normalized spacial score (nSPS) is 9.85. The molecule has 1 aromatic heterocycles. The highest BCUT2D eigenvalue weighted by molar-refractivity contribution is 5.43. The van der Waals surface area contributed by atoms with Crippen molar-refractivity contribution in [3.8, 4) is 23.4 Å².